The van der Waals surface area contributed by atoms with Gasteiger partial charge in [0.15, 0.2) is 0 Å². The molecule has 1 nitrogen and oxygen atoms in total. The van der Waals surface area contributed by atoms with Gasteiger partial charge in [0.1, 0.15) is 5.82 Å². The minimum atomic E-state index is -0.184. The van der Waals surface area contributed by atoms with E-state index in [2.05, 4.69) is 28.2 Å². The van der Waals surface area contributed by atoms with Gasteiger partial charge in [-0.2, -0.15) is 0 Å². The SMILES string of the molecule is CNC(Cc1ccc(F)c(Br)c1)C1CCCC(C)C1. The molecule has 106 valence electrons. The molecule has 19 heavy (non-hydrogen) atoms. The summed E-state index contributed by atoms with van der Waals surface area (Å²) in [5.74, 6) is 1.41. The highest BCUT2D eigenvalue weighted by Gasteiger charge is 2.25. The van der Waals surface area contributed by atoms with Crippen molar-refractivity contribution in [2.75, 3.05) is 7.05 Å². The first kappa shape index (κ1) is 15.0. The molecule has 1 saturated carbocycles. The molecule has 3 heteroatoms. The minimum Gasteiger partial charge on any atom is -0.316 e. The molecule has 2 rings (SSSR count). The molecular weight excluding hydrogens is 305 g/mol. The van der Waals surface area contributed by atoms with Crippen LogP contribution in [0.1, 0.15) is 38.2 Å². The van der Waals surface area contributed by atoms with E-state index in [1.807, 2.05) is 19.2 Å². The van der Waals surface area contributed by atoms with Crippen LogP contribution < -0.4 is 5.32 Å². The summed E-state index contributed by atoms with van der Waals surface area (Å²) < 4.78 is 13.8. The van der Waals surface area contributed by atoms with Crippen molar-refractivity contribution in [2.24, 2.45) is 11.8 Å². The normalized spacial score (nSPS) is 25.3. The molecule has 1 fully saturated rings. The number of rotatable bonds is 4. The maximum absolute atomic E-state index is 13.3. The number of benzene rings is 1. The van der Waals surface area contributed by atoms with Crippen LogP contribution in [0.25, 0.3) is 0 Å². The van der Waals surface area contributed by atoms with Gasteiger partial charge in [0.2, 0.25) is 0 Å². The maximum Gasteiger partial charge on any atom is 0.137 e. The van der Waals surface area contributed by atoms with Crippen LogP contribution in [0, 0.1) is 17.7 Å². The number of halogens is 2. The molecule has 1 N–H and O–H groups in total. The molecule has 1 aromatic rings. The highest BCUT2D eigenvalue weighted by molar-refractivity contribution is 9.10. The fraction of sp³-hybridized carbons (Fsp3) is 0.625. The molecule has 0 aliphatic heterocycles. The summed E-state index contributed by atoms with van der Waals surface area (Å²) in [6, 6.07) is 5.86. The van der Waals surface area contributed by atoms with Crippen LogP contribution in [-0.4, -0.2) is 13.1 Å². The summed E-state index contributed by atoms with van der Waals surface area (Å²) in [5, 5.41) is 3.47. The zero-order chi connectivity index (χ0) is 13.8. The first-order valence-corrected chi connectivity index (χ1v) is 8.00. The van der Waals surface area contributed by atoms with E-state index in [0.29, 0.717) is 10.5 Å². The van der Waals surface area contributed by atoms with Gasteiger partial charge in [-0.1, -0.05) is 25.8 Å². The standard InChI is InChI=1S/C16H23BrFN/c1-11-4-3-5-13(8-11)16(19-2)10-12-6-7-15(18)14(17)9-12/h6-7,9,11,13,16,19H,3-5,8,10H2,1-2H3. The maximum atomic E-state index is 13.3. The van der Waals surface area contributed by atoms with Gasteiger partial charge in [-0.3, -0.25) is 0 Å². The van der Waals surface area contributed by atoms with E-state index in [1.165, 1.54) is 31.2 Å². The fourth-order valence-corrected chi connectivity index (χ4v) is 3.70. The molecule has 0 spiro atoms. The van der Waals surface area contributed by atoms with Crippen LogP contribution in [-0.2, 0) is 6.42 Å². The summed E-state index contributed by atoms with van der Waals surface area (Å²) in [4.78, 5) is 0. The average Bonchev–Trinajstić information content (AvgIpc) is 2.40. The van der Waals surface area contributed by atoms with Crippen molar-refractivity contribution in [3.8, 4) is 0 Å². The van der Waals surface area contributed by atoms with Crippen LogP contribution in [0.4, 0.5) is 4.39 Å². The first-order chi connectivity index (χ1) is 9.10. The van der Waals surface area contributed by atoms with Crippen molar-refractivity contribution >= 4 is 15.9 Å². The quantitative estimate of drug-likeness (QED) is 0.855. The predicted octanol–water partition coefficient (Wildman–Crippen LogP) is 4.55. The molecule has 3 unspecified atom stereocenters. The number of hydrogen-bond acceptors (Lipinski definition) is 1. The summed E-state index contributed by atoms with van der Waals surface area (Å²) in [7, 11) is 2.04. The summed E-state index contributed by atoms with van der Waals surface area (Å²) in [5.41, 5.74) is 1.20. The lowest BCUT2D eigenvalue weighted by Crippen LogP contribution is -2.37. The molecule has 0 aromatic heterocycles. The van der Waals surface area contributed by atoms with Gasteiger partial charge in [-0.05, 0) is 71.8 Å². The van der Waals surface area contributed by atoms with Crippen LogP contribution >= 0.6 is 15.9 Å². The van der Waals surface area contributed by atoms with Crippen molar-refractivity contribution in [2.45, 2.75) is 45.1 Å². The third kappa shape index (κ3) is 4.03. The number of likely N-dealkylation sites (N-methyl/N-ethyl adjacent to an activating group) is 1. The molecule has 0 radical (unpaired) electrons. The molecule has 0 heterocycles. The van der Waals surface area contributed by atoms with E-state index >= 15 is 0 Å². The van der Waals surface area contributed by atoms with Gasteiger partial charge < -0.3 is 5.32 Å². The second-order valence-electron chi connectivity index (χ2n) is 5.88. The van der Waals surface area contributed by atoms with Crippen molar-refractivity contribution in [1.82, 2.24) is 5.32 Å². The van der Waals surface area contributed by atoms with E-state index in [-0.39, 0.29) is 5.82 Å². The lowest BCUT2D eigenvalue weighted by molar-refractivity contribution is 0.227. The number of nitrogens with one attached hydrogen (secondary N) is 1. The van der Waals surface area contributed by atoms with Crippen LogP contribution in [0.2, 0.25) is 0 Å². The smallest absolute Gasteiger partial charge is 0.137 e. The summed E-state index contributed by atoms with van der Waals surface area (Å²) in [6.45, 7) is 2.35. The average molecular weight is 328 g/mol. The van der Waals surface area contributed by atoms with Crippen LogP contribution in [0.5, 0.6) is 0 Å². The van der Waals surface area contributed by atoms with Crippen LogP contribution in [0.3, 0.4) is 0 Å². The largest absolute Gasteiger partial charge is 0.316 e. The Morgan fingerprint density at radius 1 is 1.42 bits per heavy atom. The Balaban J connectivity index is 2.03. The Hall–Kier alpha value is -0.410. The lowest BCUT2D eigenvalue weighted by Gasteiger charge is -2.33. The minimum absolute atomic E-state index is 0.184. The highest BCUT2D eigenvalue weighted by Crippen LogP contribution is 2.32. The lowest BCUT2D eigenvalue weighted by atomic mass is 9.77. The summed E-state index contributed by atoms with van der Waals surface area (Å²) >= 11 is 3.27. The molecule has 1 aromatic carbocycles. The monoisotopic (exact) mass is 327 g/mol. The van der Waals surface area contributed by atoms with E-state index in [0.717, 1.165) is 18.3 Å². The predicted molar refractivity (Wildman–Crippen MR) is 81.8 cm³/mol. The van der Waals surface area contributed by atoms with Crippen LogP contribution in [0.15, 0.2) is 22.7 Å². The molecule has 0 bridgehead atoms. The first-order valence-electron chi connectivity index (χ1n) is 7.21. The second kappa shape index (κ2) is 6.85. The third-order valence-electron chi connectivity index (χ3n) is 4.36. The Morgan fingerprint density at radius 2 is 2.21 bits per heavy atom. The molecule has 1 aliphatic rings. The van der Waals surface area contributed by atoms with Gasteiger partial charge in [0.25, 0.3) is 0 Å². The van der Waals surface area contributed by atoms with E-state index in [9.17, 15) is 4.39 Å². The van der Waals surface area contributed by atoms with E-state index in [1.54, 1.807) is 6.07 Å². The molecule has 3 atom stereocenters. The fourth-order valence-electron chi connectivity index (χ4n) is 3.27. The molecular formula is C16H23BrFN. The zero-order valence-corrected chi connectivity index (χ0v) is 13.3. The van der Waals surface area contributed by atoms with Crippen molar-refractivity contribution in [3.63, 3.8) is 0 Å². The van der Waals surface area contributed by atoms with E-state index in [4.69, 9.17) is 0 Å². The van der Waals surface area contributed by atoms with E-state index < -0.39 is 0 Å². The molecule has 1 aliphatic carbocycles. The van der Waals surface area contributed by atoms with Crippen molar-refractivity contribution < 1.29 is 4.39 Å². The Kier molecular flexibility index (Phi) is 5.40. The van der Waals surface area contributed by atoms with Gasteiger partial charge in [-0.15, -0.1) is 0 Å². The van der Waals surface area contributed by atoms with Crippen molar-refractivity contribution in [3.05, 3.63) is 34.1 Å². The van der Waals surface area contributed by atoms with Gasteiger partial charge >= 0.3 is 0 Å². The Labute approximate surface area is 124 Å². The molecule has 0 amide bonds. The Bertz CT molecular complexity index is 421. The topological polar surface area (TPSA) is 12.0 Å². The Morgan fingerprint density at radius 3 is 2.84 bits per heavy atom. The summed E-state index contributed by atoms with van der Waals surface area (Å²) in [6.07, 6.45) is 6.32. The van der Waals surface area contributed by atoms with Crippen molar-refractivity contribution in [1.29, 1.82) is 0 Å². The second-order valence-corrected chi connectivity index (χ2v) is 6.73. The van der Waals surface area contributed by atoms with Gasteiger partial charge in [-0.25, -0.2) is 4.39 Å². The van der Waals surface area contributed by atoms with Gasteiger partial charge in [0, 0.05) is 6.04 Å². The highest BCUT2D eigenvalue weighted by atomic mass is 79.9. The zero-order valence-electron chi connectivity index (χ0n) is 11.8. The van der Waals surface area contributed by atoms with Gasteiger partial charge in [0.05, 0.1) is 4.47 Å². The number of hydrogen-bond donors (Lipinski definition) is 1. The third-order valence-corrected chi connectivity index (χ3v) is 4.96. The molecule has 0 saturated heterocycles.